The van der Waals surface area contributed by atoms with E-state index in [1.165, 1.54) is 0 Å². The minimum absolute atomic E-state index is 0.0311. The fraction of sp³-hybridized carbons (Fsp3) is 0.316. The molecule has 132 valence electrons. The lowest BCUT2D eigenvalue weighted by molar-refractivity contribution is -0.116. The van der Waals surface area contributed by atoms with E-state index in [0.717, 1.165) is 16.8 Å². The van der Waals surface area contributed by atoms with Crippen LogP contribution in [0.1, 0.15) is 17.5 Å². The molecule has 1 unspecified atom stereocenters. The van der Waals surface area contributed by atoms with Crippen molar-refractivity contribution in [3.05, 3.63) is 52.5 Å². The van der Waals surface area contributed by atoms with E-state index in [2.05, 4.69) is 5.32 Å². The van der Waals surface area contributed by atoms with Crippen LogP contribution in [0, 0.1) is 6.92 Å². The van der Waals surface area contributed by atoms with Gasteiger partial charge < -0.3 is 19.9 Å². The molecule has 6 heteroatoms. The molecule has 0 aromatic heterocycles. The Morgan fingerprint density at radius 1 is 1.16 bits per heavy atom. The van der Waals surface area contributed by atoms with E-state index < -0.39 is 6.10 Å². The minimum atomic E-state index is -0.785. The molecule has 25 heavy (non-hydrogen) atoms. The number of hydrogen-bond donors (Lipinski definition) is 2. The summed E-state index contributed by atoms with van der Waals surface area (Å²) in [5.74, 6) is 1.23. The summed E-state index contributed by atoms with van der Waals surface area (Å²) >= 11 is 6.06. The third-order valence-corrected chi connectivity index (χ3v) is 4.24. The van der Waals surface area contributed by atoms with Gasteiger partial charge >= 0.3 is 0 Å². The van der Waals surface area contributed by atoms with Crippen molar-refractivity contribution in [3.8, 4) is 11.5 Å². The van der Waals surface area contributed by atoms with Gasteiger partial charge in [-0.15, -0.1) is 0 Å². The molecule has 3 rings (SSSR count). The predicted molar refractivity (Wildman–Crippen MR) is 96.6 cm³/mol. The van der Waals surface area contributed by atoms with Gasteiger partial charge in [0.2, 0.25) is 5.91 Å². The Morgan fingerprint density at radius 2 is 1.96 bits per heavy atom. The van der Waals surface area contributed by atoms with Crippen LogP contribution in [0.2, 0.25) is 5.02 Å². The van der Waals surface area contributed by atoms with E-state index in [1.54, 1.807) is 12.1 Å². The number of aliphatic hydroxyl groups excluding tert-OH is 1. The van der Waals surface area contributed by atoms with Gasteiger partial charge in [0.1, 0.15) is 30.8 Å². The Kier molecular flexibility index (Phi) is 5.46. The average molecular weight is 362 g/mol. The quantitative estimate of drug-likeness (QED) is 0.828. The van der Waals surface area contributed by atoms with Crippen molar-refractivity contribution in [1.29, 1.82) is 0 Å². The van der Waals surface area contributed by atoms with Crippen LogP contribution in [0.25, 0.3) is 0 Å². The molecule has 5 nitrogen and oxygen atoms in total. The van der Waals surface area contributed by atoms with Gasteiger partial charge in [0.25, 0.3) is 0 Å². The molecule has 2 N–H and O–H groups in total. The molecule has 2 aromatic rings. The molecule has 1 amide bonds. The third-order valence-electron chi connectivity index (χ3n) is 3.93. The molecule has 1 atom stereocenters. The fourth-order valence-electron chi connectivity index (χ4n) is 2.60. The van der Waals surface area contributed by atoms with Crippen LogP contribution in [0.4, 0.5) is 5.69 Å². The zero-order chi connectivity index (χ0) is 17.8. The van der Waals surface area contributed by atoms with Gasteiger partial charge in [-0.3, -0.25) is 4.79 Å². The second-order valence-corrected chi connectivity index (χ2v) is 6.48. The van der Waals surface area contributed by atoms with Gasteiger partial charge in [0.15, 0.2) is 0 Å². The average Bonchev–Trinajstić information content (AvgIpc) is 2.60. The minimum Gasteiger partial charge on any atom is -0.491 e. The van der Waals surface area contributed by atoms with Crippen molar-refractivity contribution < 1.29 is 19.4 Å². The number of carbonyl (C=O) groups excluding carboxylic acids is 1. The zero-order valence-corrected chi connectivity index (χ0v) is 14.7. The maximum absolute atomic E-state index is 11.4. The van der Waals surface area contributed by atoms with Crippen molar-refractivity contribution in [2.75, 3.05) is 18.5 Å². The largest absolute Gasteiger partial charge is 0.491 e. The molecule has 0 saturated carbocycles. The van der Waals surface area contributed by atoms with Gasteiger partial charge in [-0.25, -0.2) is 0 Å². The molecule has 2 aromatic carbocycles. The number of ether oxygens (including phenoxy) is 2. The Hall–Kier alpha value is -2.24. The van der Waals surface area contributed by atoms with E-state index in [1.807, 2.05) is 31.2 Å². The summed E-state index contributed by atoms with van der Waals surface area (Å²) in [5.41, 5.74) is 2.89. The van der Waals surface area contributed by atoms with Crippen LogP contribution in [0.15, 0.2) is 36.4 Å². The lowest BCUT2D eigenvalue weighted by Crippen LogP contribution is -2.25. The smallest absolute Gasteiger partial charge is 0.224 e. The van der Waals surface area contributed by atoms with Crippen molar-refractivity contribution in [1.82, 2.24) is 0 Å². The molecule has 0 spiro atoms. The number of aryl methyl sites for hydroxylation is 2. The number of halogens is 1. The van der Waals surface area contributed by atoms with Crippen LogP contribution in [0.3, 0.4) is 0 Å². The maximum atomic E-state index is 11.4. The molecule has 1 aliphatic rings. The standard InChI is InChI=1S/C19H20ClNO4/c1-12-2-5-16(20)18(8-12)25-11-14(22)10-24-15-4-6-17-13(9-15)3-7-19(23)21-17/h2,4-6,8-9,14,22H,3,7,10-11H2,1H3,(H,21,23). The van der Waals surface area contributed by atoms with Crippen molar-refractivity contribution in [2.45, 2.75) is 25.9 Å². The van der Waals surface area contributed by atoms with Gasteiger partial charge in [0.05, 0.1) is 5.02 Å². The summed E-state index contributed by atoms with van der Waals surface area (Å²) < 4.78 is 11.2. The highest BCUT2D eigenvalue weighted by Gasteiger charge is 2.15. The zero-order valence-electron chi connectivity index (χ0n) is 13.9. The van der Waals surface area contributed by atoms with Gasteiger partial charge in [-0.1, -0.05) is 17.7 Å². The predicted octanol–water partition coefficient (Wildman–Crippen LogP) is 3.35. The molecular weight excluding hydrogens is 342 g/mol. The summed E-state index contributed by atoms with van der Waals surface area (Å²) in [4.78, 5) is 11.4. The lowest BCUT2D eigenvalue weighted by Gasteiger charge is -2.18. The Labute approximate surface area is 151 Å². The number of fused-ring (bicyclic) bond motifs is 1. The number of carbonyl (C=O) groups is 1. The van der Waals surface area contributed by atoms with Crippen molar-refractivity contribution in [3.63, 3.8) is 0 Å². The number of amides is 1. The number of aliphatic hydroxyl groups is 1. The van der Waals surface area contributed by atoms with Crippen LogP contribution in [0.5, 0.6) is 11.5 Å². The van der Waals surface area contributed by atoms with Crippen LogP contribution < -0.4 is 14.8 Å². The van der Waals surface area contributed by atoms with Crippen LogP contribution in [-0.4, -0.2) is 30.3 Å². The van der Waals surface area contributed by atoms with E-state index in [9.17, 15) is 9.90 Å². The lowest BCUT2D eigenvalue weighted by atomic mass is 10.0. The monoisotopic (exact) mass is 361 g/mol. The van der Waals surface area contributed by atoms with Gasteiger partial charge in [-0.05, 0) is 54.8 Å². The first-order chi connectivity index (χ1) is 12.0. The summed E-state index contributed by atoms with van der Waals surface area (Å²) in [6, 6.07) is 11.0. The first-order valence-corrected chi connectivity index (χ1v) is 8.51. The second-order valence-electron chi connectivity index (χ2n) is 6.08. The highest BCUT2D eigenvalue weighted by Crippen LogP contribution is 2.27. The summed E-state index contributed by atoms with van der Waals surface area (Å²) in [6.07, 6.45) is 0.382. The Bertz CT molecular complexity index is 778. The third kappa shape index (κ3) is 4.65. The Morgan fingerprint density at radius 3 is 2.80 bits per heavy atom. The maximum Gasteiger partial charge on any atom is 0.224 e. The van der Waals surface area contributed by atoms with Crippen molar-refractivity contribution >= 4 is 23.2 Å². The van der Waals surface area contributed by atoms with Crippen LogP contribution >= 0.6 is 11.6 Å². The summed E-state index contributed by atoms with van der Waals surface area (Å²) in [5, 5.41) is 13.4. The number of hydrogen-bond acceptors (Lipinski definition) is 4. The topological polar surface area (TPSA) is 67.8 Å². The fourth-order valence-corrected chi connectivity index (χ4v) is 2.77. The highest BCUT2D eigenvalue weighted by atomic mass is 35.5. The Balaban J connectivity index is 1.51. The van der Waals surface area contributed by atoms with Crippen molar-refractivity contribution in [2.24, 2.45) is 0 Å². The molecule has 1 aliphatic heterocycles. The number of rotatable bonds is 6. The SMILES string of the molecule is Cc1ccc(Cl)c(OCC(O)COc2ccc3c(c2)CCC(=O)N3)c1. The molecular formula is C19H20ClNO4. The van der Waals surface area contributed by atoms with Gasteiger partial charge in [0, 0.05) is 12.1 Å². The highest BCUT2D eigenvalue weighted by molar-refractivity contribution is 6.32. The molecule has 1 heterocycles. The van der Waals surface area contributed by atoms with E-state index in [0.29, 0.717) is 29.4 Å². The summed E-state index contributed by atoms with van der Waals surface area (Å²) in [6.45, 7) is 2.14. The number of anilines is 1. The van der Waals surface area contributed by atoms with E-state index >= 15 is 0 Å². The molecule has 0 radical (unpaired) electrons. The van der Waals surface area contributed by atoms with E-state index in [-0.39, 0.29) is 19.1 Å². The molecule has 0 aliphatic carbocycles. The first-order valence-electron chi connectivity index (χ1n) is 8.14. The second kappa shape index (κ2) is 7.76. The molecule has 0 fully saturated rings. The molecule has 0 bridgehead atoms. The van der Waals surface area contributed by atoms with Crippen LogP contribution in [-0.2, 0) is 11.2 Å². The van der Waals surface area contributed by atoms with E-state index in [4.69, 9.17) is 21.1 Å². The number of benzene rings is 2. The van der Waals surface area contributed by atoms with Gasteiger partial charge in [-0.2, -0.15) is 0 Å². The molecule has 0 saturated heterocycles. The normalized spacial score (nSPS) is 14.4. The first kappa shape index (κ1) is 17.6. The summed E-state index contributed by atoms with van der Waals surface area (Å²) in [7, 11) is 0. The number of nitrogens with one attached hydrogen (secondary N) is 1.